The predicted molar refractivity (Wildman–Crippen MR) is 75.7 cm³/mol. The van der Waals surface area contributed by atoms with Gasteiger partial charge >= 0.3 is 0 Å². The van der Waals surface area contributed by atoms with Crippen molar-refractivity contribution in [3.63, 3.8) is 0 Å². The van der Waals surface area contributed by atoms with Gasteiger partial charge in [0.15, 0.2) is 5.78 Å². The van der Waals surface area contributed by atoms with E-state index in [0.29, 0.717) is 20.1 Å². The van der Waals surface area contributed by atoms with Crippen molar-refractivity contribution >= 4 is 44.9 Å². The second-order valence-corrected chi connectivity index (χ2v) is 5.29. The van der Waals surface area contributed by atoms with Gasteiger partial charge in [-0.05, 0) is 40.2 Å². The van der Waals surface area contributed by atoms with Crippen molar-refractivity contribution in [2.75, 3.05) is 0 Å². The van der Waals surface area contributed by atoms with E-state index in [2.05, 4.69) is 15.9 Å². The molecule has 2 nitrogen and oxygen atoms in total. The standard InChI is InChI=1S/C13H7BrCl2O2/c14-10-6-7(15)5-9(13(10)18)12(17)8-3-1-2-4-11(8)16/h1-6,18H. The zero-order valence-electron chi connectivity index (χ0n) is 8.95. The van der Waals surface area contributed by atoms with Crippen molar-refractivity contribution < 1.29 is 9.90 Å². The van der Waals surface area contributed by atoms with E-state index in [0.717, 1.165) is 0 Å². The molecular formula is C13H7BrCl2O2. The number of ketones is 1. The van der Waals surface area contributed by atoms with Crippen molar-refractivity contribution in [2.45, 2.75) is 0 Å². The van der Waals surface area contributed by atoms with E-state index in [1.165, 1.54) is 12.1 Å². The molecule has 18 heavy (non-hydrogen) atoms. The minimum atomic E-state index is -0.374. The predicted octanol–water partition coefficient (Wildman–Crippen LogP) is 4.69. The Labute approximate surface area is 122 Å². The second kappa shape index (κ2) is 5.31. The molecule has 0 fully saturated rings. The molecule has 2 aromatic rings. The lowest BCUT2D eigenvalue weighted by atomic mass is 10.0. The molecule has 0 saturated heterocycles. The molecule has 0 aliphatic carbocycles. The number of hydrogen-bond donors (Lipinski definition) is 1. The summed E-state index contributed by atoms with van der Waals surface area (Å²) in [7, 11) is 0. The van der Waals surface area contributed by atoms with Crippen LogP contribution in [-0.2, 0) is 0 Å². The van der Waals surface area contributed by atoms with E-state index >= 15 is 0 Å². The number of carbonyl (C=O) groups excluding carboxylic acids is 1. The van der Waals surface area contributed by atoms with Crippen LogP contribution in [0.15, 0.2) is 40.9 Å². The number of halogens is 3. The fourth-order valence-corrected chi connectivity index (χ4v) is 2.56. The molecule has 0 radical (unpaired) electrons. The van der Waals surface area contributed by atoms with E-state index in [-0.39, 0.29) is 17.1 Å². The zero-order valence-corrected chi connectivity index (χ0v) is 12.1. The van der Waals surface area contributed by atoms with Crippen LogP contribution in [0.2, 0.25) is 10.0 Å². The van der Waals surface area contributed by atoms with Crippen LogP contribution in [0, 0.1) is 0 Å². The van der Waals surface area contributed by atoms with Crippen LogP contribution in [0.3, 0.4) is 0 Å². The number of hydrogen-bond acceptors (Lipinski definition) is 2. The molecule has 2 aromatic carbocycles. The molecule has 2 rings (SSSR count). The van der Waals surface area contributed by atoms with Crippen molar-refractivity contribution in [1.82, 2.24) is 0 Å². The van der Waals surface area contributed by atoms with Gasteiger partial charge in [-0.1, -0.05) is 35.3 Å². The third kappa shape index (κ3) is 2.53. The maximum atomic E-state index is 12.3. The Hall–Kier alpha value is -1.03. The molecule has 0 spiro atoms. The number of benzene rings is 2. The van der Waals surface area contributed by atoms with Gasteiger partial charge < -0.3 is 5.11 Å². The maximum Gasteiger partial charge on any atom is 0.198 e. The summed E-state index contributed by atoms with van der Waals surface area (Å²) in [5.41, 5.74) is 0.436. The quantitative estimate of drug-likeness (QED) is 0.801. The zero-order chi connectivity index (χ0) is 13.3. The Morgan fingerprint density at radius 1 is 1.11 bits per heavy atom. The number of aromatic hydroxyl groups is 1. The summed E-state index contributed by atoms with van der Waals surface area (Å²) in [5, 5.41) is 10.6. The molecule has 1 N–H and O–H groups in total. The lowest BCUT2D eigenvalue weighted by molar-refractivity contribution is 0.103. The van der Waals surface area contributed by atoms with Gasteiger partial charge in [-0.2, -0.15) is 0 Å². The van der Waals surface area contributed by atoms with E-state index in [1.807, 2.05) is 0 Å². The Kier molecular flexibility index (Phi) is 3.95. The molecule has 92 valence electrons. The van der Waals surface area contributed by atoms with Gasteiger partial charge in [-0.25, -0.2) is 0 Å². The summed E-state index contributed by atoms with van der Waals surface area (Å²) in [4.78, 5) is 12.3. The highest BCUT2D eigenvalue weighted by molar-refractivity contribution is 9.10. The van der Waals surface area contributed by atoms with Crippen LogP contribution >= 0.6 is 39.1 Å². The lowest BCUT2D eigenvalue weighted by Gasteiger charge is -2.07. The highest BCUT2D eigenvalue weighted by Gasteiger charge is 2.18. The fourth-order valence-electron chi connectivity index (χ4n) is 1.53. The molecule has 0 amide bonds. The topological polar surface area (TPSA) is 37.3 Å². The molecule has 0 aromatic heterocycles. The molecule has 0 saturated carbocycles. The van der Waals surface area contributed by atoms with E-state index in [1.54, 1.807) is 24.3 Å². The van der Waals surface area contributed by atoms with E-state index < -0.39 is 0 Å². The molecule has 0 aliphatic rings. The molecule has 0 heterocycles. The van der Waals surface area contributed by atoms with Gasteiger partial charge in [0.25, 0.3) is 0 Å². The van der Waals surface area contributed by atoms with Crippen LogP contribution in [0.4, 0.5) is 0 Å². The summed E-state index contributed by atoms with van der Waals surface area (Å²) in [5.74, 6) is -0.523. The van der Waals surface area contributed by atoms with Gasteiger partial charge in [0.1, 0.15) is 5.75 Å². The van der Waals surface area contributed by atoms with E-state index in [4.69, 9.17) is 23.2 Å². The molecule has 0 atom stereocenters. The van der Waals surface area contributed by atoms with Crippen LogP contribution in [0.5, 0.6) is 5.75 Å². The summed E-state index contributed by atoms with van der Waals surface area (Å²) >= 11 is 15.0. The average Bonchev–Trinajstić information content (AvgIpc) is 2.33. The van der Waals surface area contributed by atoms with Crippen molar-refractivity contribution in [1.29, 1.82) is 0 Å². The minimum Gasteiger partial charge on any atom is -0.506 e. The van der Waals surface area contributed by atoms with Gasteiger partial charge in [0.2, 0.25) is 0 Å². The third-order valence-electron chi connectivity index (χ3n) is 2.39. The van der Waals surface area contributed by atoms with Crippen molar-refractivity contribution in [3.8, 4) is 5.75 Å². The smallest absolute Gasteiger partial charge is 0.198 e. The van der Waals surface area contributed by atoms with Gasteiger partial charge in [-0.3, -0.25) is 4.79 Å². The third-order valence-corrected chi connectivity index (χ3v) is 3.54. The van der Waals surface area contributed by atoms with Crippen LogP contribution < -0.4 is 0 Å². The normalized spacial score (nSPS) is 10.4. The molecule has 0 aliphatic heterocycles. The molecule has 0 bridgehead atoms. The fraction of sp³-hybridized carbons (Fsp3) is 0. The highest BCUT2D eigenvalue weighted by atomic mass is 79.9. The first kappa shape index (κ1) is 13.4. The largest absolute Gasteiger partial charge is 0.506 e. The minimum absolute atomic E-state index is 0.113. The number of phenolic OH excluding ortho intramolecular Hbond substituents is 1. The first-order chi connectivity index (χ1) is 8.50. The SMILES string of the molecule is O=C(c1ccccc1Cl)c1cc(Cl)cc(Br)c1O. The Balaban J connectivity index is 2.57. The first-order valence-electron chi connectivity index (χ1n) is 4.98. The number of carbonyl (C=O) groups is 1. The Morgan fingerprint density at radius 3 is 2.44 bits per heavy atom. The van der Waals surface area contributed by atoms with Crippen LogP contribution in [0.25, 0.3) is 0 Å². The first-order valence-corrected chi connectivity index (χ1v) is 6.53. The lowest BCUT2D eigenvalue weighted by Crippen LogP contribution is -2.02. The molecule has 5 heteroatoms. The molecular weight excluding hydrogens is 339 g/mol. The number of phenols is 1. The summed E-state index contributed by atoms with van der Waals surface area (Å²) in [6.07, 6.45) is 0. The van der Waals surface area contributed by atoms with Crippen LogP contribution in [-0.4, -0.2) is 10.9 Å². The Bertz CT molecular complexity index is 626. The summed E-state index contributed by atoms with van der Waals surface area (Å²) < 4.78 is 0.366. The van der Waals surface area contributed by atoms with Crippen molar-refractivity contribution in [3.05, 3.63) is 62.0 Å². The van der Waals surface area contributed by atoms with Gasteiger partial charge in [0, 0.05) is 10.6 Å². The summed E-state index contributed by atoms with van der Waals surface area (Å²) in [6.45, 7) is 0. The Morgan fingerprint density at radius 2 is 1.78 bits per heavy atom. The average molecular weight is 346 g/mol. The van der Waals surface area contributed by atoms with E-state index in [9.17, 15) is 9.90 Å². The maximum absolute atomic E-state index is 12.3. The van der Waals surface area contributed by atoms with Crippen molar-refractivity contribution in [2.24, 2.45) is 0 Å². The number of rotatable bonds is 2. The molecule has 0 unspecified atom stereocenters. The monoisotopic (exact) mass is 344 g/mol. The van der Waals surface area contributed by atoms with Gasteiger partial charge in [0.05, 0.1) is 15.1 Å². The van der Waals surface area contributed by atoms with Crippen LogP contribution in [0.1, 0.15) is 15.9 Å². The summed E-state index contributed by atoms with van der Waals surface area (Å²) in [6, 6.07) is 9.57. The van der Waals surface area contributed by atoms with Gasteiger partial charge in [-0.15, -0.1) is 0 Å². The highest BCUT2D eigenvalue weighted by Crippen LogP contribution is 2.33. The second-order valence-electron chi connectivity index (χ2n) is 3.59.